The highest BCUT2D eigenvalue weighted by molar-refractivity contribution is 7.91. The maximum Gasteiger partial charge on any atom is 0.150 e. The van der Waals surface area contributed by atoms with Crippen molar-refractivity contribution in [1.29, 1.82) is 0 Å². The molecule has 0 aromatic carbocycles. The van der Waals surface area contributed by atoms with E-state index in [9.17, 15) is 8.42 Å². The van der Waals surface area contributed by atoms with Crippen LogP contribution in [-0.4, -0.2) is 49.5 Å². The first kappa shape index (κ1) is 17.9. The molecule has 1 heterocycles. The van der Waals surface area contributed by atoms with Gasteiger partial charge in [0.1, 0.15) is 9.84 Å². The van der Waals surface area contributed by atoms with E-state index in [-0.39, 0.29) is 23.1 Å². The smallest absolute Gasteiger partial charge is 0.150 e. The molecule has 0 radical (unpaired) electrons. The summed E-state index contributed by atoms with van der Waals surface area (Å²) < 4.78 is 23.1. The summed E-state index contributed by atoms with van der Waals surface area (Å²) >= 11 is 0. The maximum atomic E-state index is 11.6. The van der Waals surface area contributed by atoms with E-state index in [0.29, 0.717) is 6.42 Å². The zero-order chi connectivity index (χ0) is 15.2. The summed E-state index contributed by atoms with van der Waals surface area (Å²) in [7, 11) is -2.86. The Balaban J connectivity index is 2.55. The van der Waals surface area contributed by atoms with E-state index in [1.807, 2.05) is 0 Å². The normalized spacial score (nSPS) is 22.4. The number of piperidine rings is 1. The van der Waals surface area contributed by atoms with Crippen LogP contribution in [0.4, 0.5) is 0 Å². The highest BCUT2D eigenvalue weighted by atomic mass is 32.2. The zero-order valence-corrected chi connectivity index (χ0v) is 14.2. The maximum absolute atomic E-state index is 11.6. The van der Waals surface area contributed by atoms with E-state index >= 15 is 0 Å². The van der Waals surface area contributed by atoms with Gasteiger partial charge in [0.15, 0.2) is 0 Å². The van der Waals surface area contributed by atoms with Gasteiger partial charge in [0, 0.05) is 17.3 Å². The van der Waals surface area contributed by atoms with E-state index in [2.05, 4.69) is 18.7 Å². The predicted octanol–water partition coefficient (Wildman–Crippen LogP) is 2.18. The van der Waals surface area contributed by atoms with Crippen molar-refractivity contribution in [2.24, 2.45) is 5.73 Å². The summed E-state index contributed by atoms with van der Waals surface area (Å²) in [6.07, 6.45) is 6.33. The van der Waals surface area contributed by atoms with Crippen LogP contribution in [0.2, 0.25) is 0 Å². The Labute approximate surface area is 125 Å². The highest BCUT2D eigenvalue weighted by Gasteiger charge is 2.36. The molecule has 1 aliphatic heterocycles. The minimum atomic E-state index is -2.86. The number of nitrogens with two attached hydrogens (primary N) is 1. The fourth-order valence-electron chi connectivity index (χ4n) is 3.10. The van der Waals surface area contributed by atoms with Crippen LogP contribution < -0.4 is 5.73 Å². The third kappa shape index (κ3) is 4.71. The van der Waals surface area contributed by atoms with Gasteiger partial charge in [-0.05, 0) is 52.1 Å². The summed E-state index contributed by atoms with van der Waals surface area (Å²) in [5.74, 6) is 0.510. The molecule has 0 bridgehead atoms. The van der Waals surface area contributed by atoms with Crippen molar-refractivity contribution in [2.45, 2.75) is 70.9 Å². The molecule has 2 unspecified atom stereocenters. The lowest BCUT2D eigenvalue weighted by molar-refractivity contribution is 0.0520. The molecule has 1 saturated heterocycles. The molecule has 1 aliphatic rings. The summed E-state index contributed by atoms with van der Waals surface area (Å²) in [6, 6.07) is 0.0534. The minimum absolute atomic E-state index is 0.0103. The van der Waals surface area contributed by atoms with Crippen LogP contribution >= 0.6 is 0 Å². The summed E-state index contributed by atoms with van der Waals surface area (Å²) in [4.78, 5) is 2.52. The van der Waals surface area contributed by atoms with Gasteiger partial charge < -0.3 is 5.73 Å². The summed E-state index contributed by atoms with van der Waals surface area (Å²) in [5, 5.41) is 0. The average Bonchev–Trinajstić information content (AvgIpc) is 2.47. The molecule has 0 aromatic rings. The topological polar surface area (TPSA) is 63.4 Å². The first-order chi connectivity index (χ1) is 9.35. The number of likely N-dealkylation sites (tertiary alicyclic amines) is 1. The molecule has 0 spiro atoms. The quantitative estimate of drug-likeness (QED) is 0.746. The lowest BCUT2D eigenvalue weighted by Crippen LogP contribution is -2.59. The molecule has 2 N–H and O–H groups in total. The Bertz CT molecular complexity index is 377. The van der Waals surface area contributed by atoms with Gasteiger partial charge in [0.05, 0.1) is 5.75 Å². The van der Waals surface area contributed by atoms with Crippen molar-refractivity contribution in [1.82, 2.24) is 4.90 Å². The molecule has 5 heteroatoms. The van der Waals surface area contributed by atoms with E-state index in [1.165, 1.54) is 19.3 Å². The van der Waals surface area contributed by atoms with Crippen molar-refractivity contribution in [3.05, 3.63) is 0 Å². The van der Waals surface area contributed by atoms with E-state index < -0.39 is 9.84 Å². The average molecular weight is 305 g/mol. The number of hydrogen-bond donors (Lipinski definition) is 1. The molecule has 2 atom stereocenters. The third-order valence-electron chi connectivity index (χ3n) is 5.00. The SMILES string of the molecule is CCC(C)(C(N)CCCS(=O)(=O)CC)N1CCCCC1. The number of rotatable bonds is 8. The van der Waals surface area contributed by atoms with Crippen LogP contribution in [0.15, 0.2) is 0 Å². The van der Waals surface area contributed by atoms with Gasteiger partial charge in [-0.2, -0.15) is 0 Å². The van der Waals surface area contributed by atoms with Crippen LogP contribution in [0.25, 0.3) is 0 Å². The second-order valence-electron chi connectivity index (χ2n) is 6.24. The molecular weight excluding hydrogens is 272 g/mol. The molecule has 0 aromatic heterocycles. The number of sulfone groups is 1. The van der Waals surface area contributed by atoms with Crippen molar-refractivity contribution in [3.8, 4) is 0 Å². The first-order valence-corrected chi connectivity index (χ1v) is 9.89. The van der Waals surface area contributed by atoms with Crippen molar-refractivity contribution >= 4 is 9.84 Å². The van der Waals surface area contributed by atoms with Crippen molar-refractivity contribution in [3.63, 3.8) is 0 Å². The van der Waals surface area contributed by atoms with Gasteiger partial charge >= 0.3 is 0 Å². The van der Waals surface area contributed by atoms with Crippen LogP contribution in [0, 0.1) is 0 Å². The van der Waals surface area contributed by atoms with Gasteiger partial charge in [0.25, 0.3) is 0 Å². The van der Waals surface area contributed by atoms with Gasteiger partial charge in [0.2, 0.25) is 0 Å². The Morgan fingerprint density at radius 2 is 1.80 bits per heavy atom. The fraction of sp³-hybridized carbons (Fsp3) is 1.00. The molecule has 0 amide bonds. The number of nitrogens with zero attached hydrogens (tertiary/aromatic N) is 1. The first-order valence-electron chi connectivity index (χ1n) is 8.06. The third-order valence-corrected chi connectivity index (χ3v) is 6.79. The van der Waals surface area contributed by atoms with Crippen LogP contribution in [0.1, 0.15) is 59.3 Å². The van der Waals surface area contributed by atoms with Gasteiger partial charge in [-0.1, -0.05) is 20.3 Å². The second kappa shape index (κ2) is 7.76. The molecule has 120 valence electrons. The lowest BCUT2D eigenvalue weighted by Gasteiger charge is -2.47. The van der Waals surface area contributed by atoms with Gasteiger partial charge in [-0.15, -0.1) is 0 Å². The Hall–Kier alpha value is -0.130. The van der Waals surface area contributed by atoms with Gasteiger partial charge in [-0.25, -0.2) is 8.42 Å². The largest absolute Gasteiger partial charge is 0.326 e. The molecule has 0 aliphatic carbocycles. The van der Waals surface area contributed by atoms with E-state index in [1.54, 1.807) is 6.92 Å². The summed E-state index contributed by atoms with van der Waals surface area (Å²) in [6.45, 7) is 8.41. The Morgan fingerprint density at radius 1 is 1.20 bits per heavy atom. The standard InChI is InChI=1S/C15H32N2O2S/c1-4-15(3,17-11-7-6-8-12-17)14(16)10-9-13-20(18,19)5-2/h14H,4-13,16H2,1-3H3. The van der Waals surface area contributed by atoms with Crippen molar-refractivity contribution in [2.75, 3.05) is 24.6 Å². The summed E-state index contributed by atoms with van der Waals surface area (Å²) in [5.41, 5.74) is 6.44. The van der Waals surface area contributed by atoms with Crippen molar-refractivity contribution < 1.29 is 8.42 Å². The minimum Gasteiger partial charge on any atom is -0.326 e. The Kier molecular flexibility index (Phi) is 6.95. The molecule has 1 rings (SSSR count). The molecule has 1 fully saturated rings. The second-order valence-corrected chi connectivity index (χ2v) is 8.72. The molecule has 4 nitrogen and oxygen atoms in total. The van der Waals surface area contributed by atoms with Gasteiger partial charge in [-0.3, -0.25) is 4.90 Å². The van der Waals surface area contributed by atoms with Crippen LogP contribution in [0.5, 0.6) is 0 Å². The molecule has 20 heavy (non-hydrogen) atoms. The number of hydrogen-bond acceptors (Lipinski definition) is 4. The van der Waals surface area contributed by atoms with Crippen LogP contribution in [0.3, 0.4) is 0 Å². The highest BCUT2D eigenvalue weighted by Crippen LogP contribution is 2.28. The van der Waals surface area contributed by atoms with E-state index in [4.69, 9.17) is 5.73 Å². The Morgan fingerprint density at radius 3 is 2.30 bits per heavy atom. The van der Waals surface area contributed by atoms with E-state index in [0.717, 1.165) is 25.9 Å². The monoisotopic (exact) mass is 304 g/mol. The predicted molar refractivity (Wildman–Crippen MR) is 85.7 cm³/mol. The molecule has 0 saturated carbocycles. The fourth-order valence-corrected chi connectivity index (χ4v) is 4.00. The van der Waals surface area contributed by atoms with Crippen LogP contribution in [-0.2, 0) is 9.84 Å². The molecular formula is C15H32N2O2S. The zero-order valence-electron chi connectivity index (χ0n) is 13.4. The lowest BCUT2D eigenvalue weighted by atomic mass is 9.84.